The van der Waals surface area contributed by atoms with E-state index in [9.17, 15) is 18.0 Å². The van der Waals surface area contributed by atoms with Gasteiger partial charge in [-0.25, -0.2) is 8.42 Å². The van der Waals surface area contributed by atoms with E-state index in [-0.39, 0.29) is 18.0 Å². The summed E-state index contributed by atoms with van der Waals surface area (Å²) in [6.45, 7) is 1.18. The molecule has 1 amide bonds. The molecule has 0 unspecified atom stereocenters. The van der Waals surface area contributed by atoms with Crippen LogP contribution in [0.25, 0.3) is 0 Å². The quantitative estimate of drug-likeness (QED) is 0.682. The van der Waals surface area contributed by atoms with Crippen molar-refractivity contribution in [2.45, 2.75) is 11.8 Å². The van der Waals surface area contributed by atoms with Crippen molar-refractivity contribution in [1.82, 2.24) is 0 Å². The van der Waals surface area contributed by atoms with Crippen molar-refractivity contribution in [1.29, 1.82) is 0 Å². The summed E-state index contributed by atoms with van der Waals surface area (Å²) in [5.41, 5.74) is 0.658. The summed E-state index contributed by atoms with van der Waals surface area (Å²) in [6, 6.07) is 12.5. The third-order valence-corrected chi connectivity index (χ3v) is 6.04. The molecule has 0 saturated heterocycles. The number of hydrogen-bond acceptors (Lipinski definition) is 6. The Labute approximate surface area is 163 Å². The Balaban J connectivity index is 2.00. The molecule has 0 aliphatic carbocycles. The maximum Gasteiger partial charge on any atom is 0.326 e. The summed E-state index contributed by atoms with van der Waals surface area (Å²) in [4.78, 5) is 25.8. The molecule has 28 heavy (non-hydrogen) atoms. The fourth-order valence-corrected chi connectivity index (χ4v) is 4.36. The number of sulfonamides is 1. The molecular weight excluding hydrogens is 384 g/mol. The van der Waals surface area contributed by atoms with Crippen LogP contribution in [0.15, 0.2) is 53.4 Å². The van der Waals surface area contributed by atoms with Gasteiger partial charge in [-0.15, -0.1) is 0 Å². The number of para-hydroxylation sites is 2. The van der Waals surface area contributed by atoms with Crippen molar-refractivity contribution in [3.8, 4) is 5.75 Å². The van der Waals surface area contributed by atoms with E-state index >= 15 is 0 Å². The second-order valence-electron chi connectivity index (χ2n) is 5.96. The summed E-state index contributed by atoms with van der Waals surface area (Å²) < 4.78 is 37.3. The molecule has 1 aliphatic heterocycles. The number of rotatable bonds is 6. The molecule has 9 heteroatoms. The number of fused-ring (bicyclic) bond motifs is 1. The monoisotopic (exact) mass is 404 g/mol. The predicted molar refractivity (Wildman–Crippen MR) is 103 cm³/mol. The first-order valence-corrected chi connectivity index (χ1v) is 10.0. The van der Waals surface area contributed by atoms with Crippen molar-refractivity contribution >= 4 is 33.3 Å². The largest absolute Gasteiger partial charge is 0.497 e. The predicted octanol–water partition coefficient (Wildman–Crippen LogP) is 1.80. The zero-order valence-electron chi connectivity index (χ0n) is 15.5. The number of anilines is 2. The van der Waals surface area contributed by atoms with Crippen molar-refractivity contribution in [3.05, 3.63) is 48.5 Å². The van der Waals surface area contributed by atoms with Gasteiger partial charge in [-0.05, 0) is 43.3 Å². The number of hydrogen-bond donors (Lipinski definition) is 0. The number of nitrogens with zero attached hydrogens (tertiary/aromatic N) is 2. The van der Waals surface area contributed by atoms with Crippen LogP contribution in [0, 0.1) is 0 Å². The number of benzene rings is 2. The molecule has 0 bridgehead atoms. The van der Waals surface area contributed by atoms with Gasteiger partial charge < -0.3 is 9.47 Å². The van der Waals surface area contributed by atoms with E-state index in [2.05, 4.69) is 0 Å². The van der Waals surface area contributed by atoms with Gasteiger partial charge in [-0.2, -0.15) is 0 Å². The van der Waals surface area contributed by atoms with Crippen LogP contribution in [0.1, 0.15) is 6.92 Å². The summed E-state index contributed by atoms with van der Waals surface area (Å²) in [5.74, 6) is -0.546. The average Bonchev–Trinajstić information content (AvgIpc) is 2.70. The molecule has 0 N–H and O–H groups in total. The molecule has 2 aromatic rings. The van der Waals surface area contributed by atoms with Gasteiger partial charge >= 0.3 is 5.97 Å². The fourth-order valence-electron chi connectivity index (χ4n) is 2.93. The van der Waals surface area contributed by atoms with Gasteiger partial charge in [0.05, 0.1) is 30.0 Å². The van der Waals surface area contributed by atoms with E-state index in [0.29, 0.717) is 17.1 Å². The summed E-state index contributed by atoms with van der Waals surface area (Å²) >= 11 is 0. The normalized spacial score (nSPS) is 13.9. The van der Waals surface area contributed by atoms with Gasteiger partial charge in [0.2, 0.25) is 5.91 Å². The first-order chi connectivity index (χ1) is 13.4. The molecule has 0 aromatic heterocycles. The minimum atomic E-state index is -3.98. The van der Waals surface area contributed by atoms with Gasteiger partial charge in [0.1, 0.15) is 18.8 Å². The second kappa shape index (κ2) is 7.89. The van der Waals surface area contributed by atoms with E-state index in [1.807, 2.05) is 0 Å². The molecule has 148 valence electrons. The molecule has 3 rings (SSSR count). The lowest BCUT2D eigenvalue weighted by atomic mass is 10.2. The number of carbonyl (C=O) groups is 2. The first-order valence-electron chi connectivity index (χ1n) is 8.60. The van der Waals surface area contributed by atoms with Crippen molar-refractivity contribution in [2.24, 2.45) is 0 Å². The zero-order chi connectivity index (χ0) is 20.3. The van der Waals surface area contributed by atoms with Crippen LogP contribution in [0.2, 0.25) is 0 Å². The average molecular weight is 404 g/mol. The SMILES string of the molecule is CCOC(=O)CN1C(=O)CN(S(=O)(=O)c2ccc(OC)cc2)c2ccccc21. The highest BCUT2D eigenvalue weighted by atomic mass is 32.2. The summed E-state index contributed by atoms with van der Waals surface area (Å²) in [6.07, 6.45) is 0. The Kier molecular flexibility index (Phi) is 5.55. The summed E-state index contributed by atoms with van der Waals surface area (Å²) in [7, 11) is -2.49. The minimum Gasteiger partial charge on any atom is -0.497 e. The number of amides is 1. The maximum atomic E-state index is 13.1. The highest BCUT2D eigenvalue weighted by molar-refractivity contribution is 7.92. The third kappa shape index (κ3) is 3.65. The molecule has 1 heterocycles. The molecule has 0 fully saturated rings. The fraction of sp³-hybridized carbons (Fsp3) is 0.263. The zero-order valence-corrected chi connectivity index (χ0v) is 16.3. The van der Waals surface area contributed by atoms with E-state index in [1.165, 1.54) is 36.3 Å². The van der Waals surface area contributed by atoms with Crippen LogP contribution >= 0.6 is 0 Å². The van der Waals surface area contributed by atoms with Gasteiger partial charge in [0.25, 0.3) is 10.0 Å². The number of methoxy groups -OCH3 is 1. The molecule has 2 aromatic carbocycles. The maximum absolute atomic E-state index is 13.1. The van der Waals surface area contributed by atoms with E-state index in [1.54, 1.807) is 31.2 Å². The number of esters is 1. The van der Waals surface area contributed by atoms with E-state index in [0.717, 1.165) is 4.31 Å². The third-order valence-electron chi connectivity index (χ3n) is 4.26. The smallest absolute Gasteiger partial charge is 0.326 e. The van der Waals surface area contributed by atoms with Gasteiger partial charge in [0, 0.05) is 0 Å². The molecule has 0 spiro atoms. The van der Waals surface area contributed by atoms with Crippen LogP contribution in [0.3, 0.4) is 0 Å². The minimum absolute atomic E-state index is 0.0368. The Bertz CT molecular complexity index is 988. The number of ether oxygens (including phenoxy) is 2. The Morgan fingerprint density at radius 2 is 1.71 bits per heavy atom. The van der Waals surface area contributed by atoms with Crippen LogP contribution < -0.4 is 13.9 Å². The Hall–Kier alpha value is -3.07. The van der Waals surface area contributed by atoms with Gasteiger partial charge in [-0.3, -0.25) is 18.8 Å². The lowest BCUT2D eigenvalue weighted by molar-refractivity contribution is -0.142. The van der Waals surface area contributed by atoms with Crippen molar-refractivity contribution in [2.75, 3.05) is 36.0 Å². The Morgan fingerprint density at radius 3 is 2.32 bits per heavy atom. The van der Waals surface area contributed by atoms with E-state index in [4.69, 9.17) is 9.47 Å². The number of carbonyl (C=O) groups excluding carboxylic acids is 2. The van der Waals surface area contributed by atoms with E-state index < -0.39 is 28.4 Å². The summed E-state index contributed by atoms with van der Waals surface area (Å²) in [5, 5.41) is 0. The highest BCUT2D eigenvalue weighted by Gasteiger charge is 2.37. The molecule has 0 radical (unpaired) electrons. The van der Waals surface area contributed by atoms with Crippen LogP contribution in [0.4, 0.5) is 11.4 Å². The topological polar surface area (TPSA) is 93.2 Å². The van der Waals surface area contributed by atoms with Gasteiger partial charge in [-0.1, -0.05) is 12.1 Å². The lowest BCUT2D eigenvalue weighted by Gasteiger charge is -2.36. The van der Waals surface area contributed by atoms with Crippen LogP contribution in [0.5, 0.6) is 5.75 Å². The molecular formula is C19H20N2O6S. The molecule has 8 nitrogen and oxygen atoms in total. The van der Waals surface area contributed by atoms with Crippen LogP contribution in [-0.4, -0.2) is 47.1 Å². The molecule has 1 aliphatic rings. The lowest BCUT2D eigenvalue weighted by Crippen LogP contribution is -2.49. The van der Waals surface area contributed by atoms with Crippen LogP contribution in [-0.2, 0) is 24.3 Å². The molecule has 0 saturated carbocycles. The Morgan fingerprint density at radius 1 is 1.07 bits per heavy atom. The highest BCUT2D eigenvalue weighted by Crippen LogP contribution is 2.36. The first kappa shape index (κ1) is 19.7. The molecule has 0 atom stereocenters. The van der Waals surface area contributed by atoms with Crippen molar-refractivity contribution < 1.29 is 27.5 Å². The van der Waals surface area contributed by atoms with Gasteiger partial charge in [0.15, 0.2) is 0 Å². The van der Waals surface area contributed by atoms with Crippen molar-refractivity contribution in [3.63, 3.8) is 0 Å². The second-order valence-corrected chi connectivity index (χ2v) is 7.82. The standard InChI is InChI=1S/C19H20N2O6S/c1-3-27-19(23)13-20-16-6-4-5-7-17(16)21(12-18(20)22)28(24,25)15-10-8-14(26-2)9-11-15/h4-11H,3,12-13H2,1-2H3.